The quantitative estimate of drug-likeness (QED) is 0.894. The van der Waals surface area contributed by atoms with E-state index in [0.717, 1.165) is 17.6 Å². The number of hydrogen-bond acceptors (Lipinski definition) is 2. The van der Waals surface area contributed by atoms with Gasteiger partial charge in [0.2, 0.25) is 0 Å². The highest BCUT2D eigenvalue weighted by atomic mass is 79.9. The van der Waals surface area contributed by atoms with Crippen LogP contribution in [0.2, 0.25) is 0 Å². The number of halogens is 1. The van der Waals surface area contributed by atoms with Gasteiger partial charge >= 0.3 is 0 Å². The number of hydrogen-bond donors (Lipinski definition) is 1. The molecule has 0 fully saturated rings. The second-order valence-corrected chi connectivity index (χ2v) is 5.52. The number of benzene rings is 1. The Morgan fingerprint density at radius 2 is 2.27 bits per heavy atom. The van der Waals surface area contributed by atoms with E-state index in [9.17, 15) is 0 Å². The topological polar surface area (TPSA) is 29.3 Å². The van der Waals surface area contributed by atoms with Crippen molar-refractivity contribution >= 4 is 21.6 Å². The summed E-state index contributed by atoms with van der Waals surface area (Å²) in [7, 11) is 0. The zero-order chi connectivity index (χ0) is 11.0. The fraction of sp³-hybridized carbons (Fsp3) is 0.500. The molecule has 0 bridgehead atoms. The van der Waals surface area contributed by atoms with Gasteiger partial charge in [-0.05, 0) is 29.7 Å². The van der Waals surface area contributed by atoms with Crippen molar-refractivity contribution < 1.29 is 0 Å². The van der Waals surface area contributed by atoms with Gasteiger partial charge in [0.25, 0.3) is 0 Å². The Balaban J connectivity index is 2.30. The van der Waals surface area contributed by atoms with Crippen molar-refractivity contribution in [3.8, 4) is 0 Å². The van der Waals surface area contributed by atoms with Crippen LogP contribution in [0.15, 0.2) is 22.7 Å². The van der Waals surface area contributed by atoms with Crippen LogP contribution in [0.4, 0.5) is 5.69 Å². The average molecular weight is 269 g/mol. The summed E-state index contributed by atoms with van der Waals surface area (Å²) in [4.78, 5) is 2.39. The molecule has 0 saturated heterocycles. The van der Waals surface area contributed by atoms with Gasteiger partial charge in [-0.1, -0.05) is 29.8 Å². The predicted octanol–water partition coefficient (Wildman–Crippen LogP) is 2.92. The third kappa shape index (κ3) is 2.18. The molecule has 0 spiro atoms. The van der Waals surface area contributed by atoms with E-state index in [1.807, 2.05) is 0 Å². The van der Waals surface area contributed by atoms with Gasteiger partial charge in [0.1, 0.15) is 0 Å². The summed E-state index contributed by atoms with van der Waals surface area (Å²) in [5, 5.41) is 0. The van der Waals surface area contributed by atoms with Crippen molar-refractivity contribution in [3.05, 3.63) is 28.2 Å². The van der Waals surface area contributed by atoms with Gasteiger partial charge in [-0.2, -0.15) is 0 Å². The first-order valence-electron chi connectivity index (χ1n) is 5.38. The standard InChI is InChI=1S/C12H17BrN2/c1-8(2)6-15-7-11(14)10-5-9(13)3-4-12(10)15/h3-5,8,11H,6-7,14H2,1-2H3/t11-/m1/s1. The summed E-state index contributed by atoms with van der Waals surface area (Å²) in [5.74, 6) is 0.673. The Bertz CT molecular complexity index is 363. The fourth-order valence-corrected chi connectivity index (χ4v) is 2.54. The molecule has 2 nitrogen and oxygen atoms in total. The summed E-state index contributed by atoms with van der Waals surface area (Å²) in [6, 6.07) is 6.55. The van der Waals surface area contributed by atoms with Gasteiger partial charge in [-0.3, -0.25) is 0 Å². The highest BCUT2D eigenvalue weighted by Gasteiger charge is 2.25. The van der Waals surface area contributed by atoms with Crippen molar-refractivity contribution in [1.29, 1.82) is 0 Å². The average Bonchev–Trinajstić information content (AvgIpc) is 2.42. The normalized spacial score (nSPS) is 19.8. The minimum atomic E-state index is 0.163. The summed E-state index contributed by atoms with van der Waals surface area (Å²) >= 11 is 3.49. The Labute approximate surface area is 99.6 Å². The van der Waals surface area contributed by atoms with Crippen LogP contribution in [0, 0.1) is 5.92 Å². The Morgan fingerprint density at radius 3 is 2.93 bits per heavy atom. The predicted molar refractivity (Wildman–Crippen MR) is 68.1 cm³/mol. The van der Waals surface area contributed by atoms with E-state index >= 15 is 0 Å². The maximum Gasteiger partial charge on any atom is 0.0494 e. The number of rotatable bonds is 2. The molecule has 1 aromatic rings. The molecule has 0 unspecified atom stereocenters. The summed E-state index contributed by atoms with van der Waals surface area (Å²) in [5.41, 5.74) is 8.69. The minimum Gasteiger partial charge on any atom is -0.369 e. The van der Waals surface area contributed by atoms with Gasteiger partial charge in [0, 0.05) is 29.3 Å². The smallest absolute Gasteiger partial charge is 0.0494 e. The van der Waals surface area contributed by atoms with Gasteiger partial charge < -0.3 is 10.6 Å². The molecule has 0 radical (unpaired) electrons. The molecule has 3 heteroatoms. The maximum absolute atomic E-state index is 6.12. The number of anilines is 1. The van der Waals surface area contributed by atoms with Gasteiger partial charge in [0.15, 0.2) is 0 Å². The molecular formula is C12H17BrN2. The first kappa shape index (κ1) is 11.0. The first-order valence-corrected chi connectivity index (χ1v) is 6.17. The lowest BCUT2D eigenvalue weighted by Gasteiger charge is -2.21. The minimum absolute atomic E-state index is 0.163. The molecule has 2 rings (SSSR count). The fourth-order valence-electron chi connectivity index (χ4n) is 2.16. The largest absolute Gasteiger partial charge is 0.369 e. The monoisotopic (exact) mass is 268 g/mol. The van der Waals surface area contributed by atoms with Crippen molar-refractivity contribution in [2.45, 2.75) is 19.9 Å². The lowest BCUT2D eigenvalue weighted by molar-refractivity contribution is 0.603. The summed E-state index contributed by atoms with van der Waals surface area (Å²) < 4.78 is 1.11. The third-order valence-corrected chi connectivity index (χ3v) is 3.23. The lowest BCUT2D eigenvalue weighted by Crippen LogP contribution is -2.28. The van der Waals surface area contributed by atoms with Crippen LogP contribution in [0.3, 0.4) is 0 Å². The number of nitrogens with zero attached hydrogens (tertiary/aromatic N) is 1. The van der Waals surface area contributed by atoms with Crippen LogP contribution in [-0.4, -0.2) is 13.1 Å². The molecule has 1 heterocycles. The molecule has 1 aliphatic rings. The van der Waals surface area contributed by atoms with Crippen molar-refractivity contribution in [3.63, 3.8) is 0 Å². The summed E-state index contributed by atoms with van der Waals surface area (Å²) in [6.45, 7) is 6.51. The molecule has 0 amide bonds. The van der Waals surface area contributed by atoms with Gasteiger partial charge in [0.05, 0.1) is 0 Å². The Hall–Kier alpha value is -0.540. The Kier molecular flexibility index (Phi) is 3.03. The van der Waals surface area contributed by atoms with E-state index in [-0.39, 0.29) is 6.04 Å². The van der Waals surface area contributed by atoms with Crippen molar-refractivity contribution in [1.82, 2.24) is 0 Å². The molecule has 82 valence electrons. The molecule has 2 N–H and O–H groups in total. The van der Waals surface area contributed by atoms with Crippen molar-refractivity contribution in [2.24, 2.45) is 11.7 Å². The van der Waals surface area contributed by atoms with Crippen LogP contribution in [-0.2, 0) is 0 Å². The second kappa shape index (κ2) is 4.14. The van der Waals surface area contributed by atoms with Gasteiger partial charge in [-0.25, -0.2) is 0 Å². The van der Waals surface area contributed by atoms with E-state index in [1.54, 1.807) is 0 Å². The van der Waals surface area contributed by atoms with Crippen LogP contribution in [0.5, 0.6) is 0 Å². The molecule has 1 atom stereocenters. The Morgan fingerprint density at radius 1 is 1.53 bits per heavy atom. The van der Waals surface area contributed by atoms with E-state index in [0.29, 0.717) is 5.92 Å². The SMILES string of the molecule is CC(C)CN1C[C@@H](N)c2cc(Br)ccc21. The molecule has 0 aromatic heterocycles. The molecule has 1 aromatic carbocycles. The summed E-state index contributed by atoms with van der Waals surface area (Å²) in [6.07, 6.45) is 0. The zero-order valence-corrected chi connectivity index (χ0v) is 10.8. The molecule has 0 aliphatic carbocycles. The molecular weight excluding hydrogens is 252 g/mol. The van der Waals surface area contributed by atoms with Crippen LogP contribution in [0.1, 0.15) is 25.5 Å². The number of fused-ring (bicyclic) bond motifs is 1. The molecule has 1 aliphatic heterocycles. The number of nitrogens with two attached hydrogens (primary N) is 1. The molecule has 15 heavy (non-hydrogen) atoms. The van der Waals surface area contributed by atoms with E-state index in [2.05, 4.69) is 52.9 Å². The zero-order valence-electron chi connectivity index (χ0n) is 9.20. The first-order chi connectivity index (χ1) is 7.08. The van der Waals surface area contributed by atoms with E-state index in [4.69, 9.17) is 5.73 Å². The van der Waals surface area contributed by atoms with E-state index < -0.39 is 0 Å². The highest BCUT2D eigenvalue weighted by Crippen LogP contribution is 2.35. The van der Waals surface area contributed by atoms with Gasteiger partial charge in [-0.15, -0.1) is 0 Å². The van der Waals surface area contributed by atoms with Crippen molar-refractivity contribution in [2.75, 3.05) is 18.0 Å². The highest BCUT2D eigenvalue weighted by molar-refractivity contribution is 9.10. The second-order valence-electron chi connectivity index (χ2n) is 4.61. The van der Waals surface area contributed by atoms with E-state index in [1.165, 1.54) is 11.3 Å². The van der Waals surface area contributed by atoms with Crippen LogP contribution in [0.25, 0.3) is 0 Å². The third-order valence-electron chi connectivity index (χ3n) is 2.73. The van der Waals surface area contributed by atoms with Crippen LogP contribution >= 0.6 is 15.9 Å². The molecule has 0 saturated carbocycles. The maximum atomic E-state index is 6.12. The lowest BCUT2D eigenvalue weighted by atomic mass is 10.1. The van der Waals surface area contributed by atoms with Crippen LogP contribution < -0.4 is 10.6 Å².